The van der Waals surface area contributed by atoms with Crippen LogP contribution in [0.1, 0.15) is 64.5 Å². The van der Waals surface area contributed by atoms with Crippen molar-refractivity contribution in [3.8, 4) is 0 Å². The second-order valence-electron chi connectivity index (χ2n) is 8.70. The second kappa shape index (κ2) is 9.27. The molecule has 6 nitrogen and oxygen atoms in total. The molecule has 2 rings (SSSR count). The van der Waals surface area contributed by atoms with E-state index in [2.05, 4.69) is 0 Å². The number of nitrogens with zero attached hydrogens (tertiary/aromatic N) is 1. The van der Waals surface area contributed by atoms with Crippen LogP contribution in [0.5, 0.6) is 0 Å². The normalized spacial score (nSPS) is 17.4. The number of carbonyl (C=O) groups is 1. The number of piperidine rings is 1. The molecule has 0 spiro atoms. The number of amides is 1. The molecule has 1 aromatic rings. The van der Waals surface area contributed by atoms with Crippen LogP contribution in [0.15, 0.2) is 29.2 Å². The molecule has 1 amide bonds. The fourth-order valence-corrected chi connectivity index (χ4v) is 4.06. The standard InChI is InChI=1S/C21H33NO5S/c1-21(2,3)27-20(24)22-14-12-16(13-15-22)6-5-7-19(23)17-8-10-18(11-9-17)28(4,25)26/h8-11,16,19,23H,5-7,12-15H2,1-4H3. The predicted octanol–water partition coefficient (Wildman–Crippen LogP) is 3.94. The summed E-state index contributed by atoms with van der Waals surface area (Å²) in [5, 5.41) is 10.3. The Balaban J connectivity index is 1.72. The smallest absolute Gasteiger partial charge is 0.410 e. The molecule has 1 heterocycles. The topological polar surface area (TPSA) is 83.9 Å². The monoisotopic (exact) mass is 411 g/mol. The summed E-state index contributed by atoms with van der Waals surface area (Å²) in [5.74, 6) is 0.554. The first-order valence-corrected chi connectivity index (χ1v) is 11.8. The Morgan fingerprint density at radius 3 is 2.29 bits per heavy atom. The molecule has 1 unspecified atom stereocenters. The molecule has 28 heavy (non-hydrogen) atoms. The van der Waals surface area contributed by atoms with E-state index in [0.29, 0.717) is 12.3 Å². The van der Waals surface area contributed by atoms with Crippen LogP contribution in [-0.2, 0) is 14.6 Å². The van der Waals surface area contributed by atoms with Crippen molar-refractivity contribution >= 4 is 15.9 Å². The number of rotatable bonds is 6. The maximum absolute atomic E-state index is 12.1. The summed E-state index contributed by atoms with van der Waals surface area (Å²) in [6.07, 6.45) is 4.81. The Morgan fingerprint density at radius 2 is 1.79 bits per heavy atom. The fraction of sp³-hybridized carbons (Fsp3) is 0.667. The molecule has 1 atom stereocenters. The van der Waals surface area contributed by atoms with Gasteiger partial charge in [0.25, 0.3) is 0 Å². The Kier molecular flexibility index (Phi) is 7.51. The first-order chi connectivity index (χ1) is 13.0. The van der Waals surface area contributed by atoms with E-state index in [0.717, 1.165) is 44.3 Å². The zero-order chi connectivity index (χ0) is 20.9. The summed E-state index contributed by atoms with van der Waals surface area (Å²) in [6.45, 7) is 7.05. The lowest BCUT2D eigenvalue weighted by molar-refractivity contribution is 0.0179. The summed E-state index contributed by atoms with van der Waals surface area (Å²) in [4.78, 5) is 14.1. The Morgan fingerprint density at radius 1 is 1.21 bits per heavy atom. The molecule has 0 aliphatic carbocycles. The quantitative estimate of drug-likeness (QED) is 0.766. The van der Waals surface area contributed by atoms with E-state index < -0.39 is 21.5 Å². The van der Waals surface area contributed by atoms with Gasteiger partial charge in [-0.15, -0.1) is 0 Å². The maximum atomic E-state index is 12.1. The number of aliphatic hydroxyl groups excluding tert-OH is 1. The average Bonchev–Trinajstić information content (AvgIpc) is 2.60. The molecule has 1 fully saturated rings. The van der Waals surface area contributed by atoms with Crippen LogP contribution in [-0.4, -0.2) is 49.5 Å². The van der Waals surface area contributed by atoms with Crippen molar-refractivity contribution in [2.75, 3.05) is 19.3 Å². The lowest BCUT2D eigenvalue weighted by atomic mass is 9.90. The number of likely N-dealkylation sites (tertiary alicyclic amines) is 1. The maximum Gasteiger partial charge on any atom is 0.410 e. The molecule has 0 saturated carbocycles. The van der Waals surface area contributed by atoms with Crippen molar-refractivity contribution in [2.24, 2.45) is 5.92 Å². The molecular formula is C21H33NO5S. The van der Waals surface area contributed by atoms with Gasteiger partial charge in [0.2, 0.25) is 0 Å². The van der Waals surface area contributed by atoms with Crippen LogP contribution < -0.4 is 0 Å². The summed E-state index contributed by atoms with van der Waals surface area (Å²) in [5.41, 5.74) is 0.274. The third kappa shape index (κ3) is 7.09. The van der Waals surface area contributed by atoms with Crippen LogP contribution >= 0.6 is 0 Å². The van der Waals surface area contributed by atoms with Gasteiger partial charge in [0.05, 0.1) is 11.0 Å². The van der Waals surface area contributed by atoms with Gasteiger partial charge >= 0.3 is 6.09 Å². The van der Waals surface area contributed by atoms with E-state index >= 15 is 0 Å². The zero-order valence-corrected chi connectivity index (χ0v) is 18.2. The highest BCUT2D eigenvalue weighted by molar-refractivity contribution is 7.90. The van der Waals surface area contributed by atoms with Crippen molar-refractivity contribution in [2.45, 2.75) is 69.5 Å². The Bertz CT molecular complexity index is 744. The van der Waals surface area contributed by atoms with Crippen molar-refractivity contribution in [1.82, 2.24) is 4.90 Å². The largest absolute Gasteiger partial charge is 0.444 e. The first-order valence-electron chi connectivity index (χ1n) is 9.92. The molecule has 1 saturated heterocycles. The van der Waals surface area contributed by atoms with E-state index in [1.807, 2.05) is 20.8 Å². The number of sulfone groups is 1. The number of ether oxygens (including phenoxy) is 1. The summed E-state index contributed by atoms with van der Waals surface area (Å²) < 4.78 is 28.4. The highest BCUT2D eigenvalue weighted by Crippen LogP contribution is 2.27. The van der Waals surface area contributed by atoms with Crippen LogP contribution in [0.2, 0.25) is 0 Å². The molecule has 0 aromatic heterocycles. The number of carbonyl (C=O) groups excluding carboxylic acids is 1. The molecular weight excluding hydrogens is 378 g/mol. The number of aliphatic hydroxyl groups is 1. The van der Waals surface area contributed by atoms with E-state index in [-0.39, 0.29) is 11.0 Å². The van der Waals surface area contributed by atoms with Crippen LogP contribution in [0, 0.1) is 5.92 Å². The first kappa shape index (κ1) is 22.7. The number of benzene rings is 1. The van der Waals surface area contributed by atoms with Gasteiger partial charge in [-0.1, -0.05) is 25.0 Å². The van der Waals surface area contributed by atoms with Crippen molar-refractivity contribution in [3.63, 3.8) is 0 Å². The van der Waals surface area contributed by atoms with Gasteiger partial charge in [0.1, 0.15) is 5.60 Å². The van der Waals surface area contributed by atoms with Gasteiger partial charge in [0.15, 0.2) is 9.84 Å². The van der Waals surface area contributed by atoms with Gasteiger partial charge in [0, 0.05) is 19.3 Å². The molecule has 1 aromatic carbocycles. The van der Waals surface area contributed by atoms with Crippen LogP contribution in [0.25, 0.3) is 0 Å². The van der Waals surface area contributed by atoms with Crippen molar-refractivity contribution in [1.29, 1.82) is 0 Å². The van der Waals surface area contributed by atoms with Gasteiger partial charge in [-0.2, -0.15) is 0 Å². The summed E-state index contributed by atoms with van der Waals surface area (Å²) in [6, 6.07) is 6.45. The van der Waals surface area contributed by atoms with Gasteiger partial charge < -0.3 is 14.7 Å². The molecule has 1 aliphatic rings. The number of hydrogen-bond acceptors (Lipinski definition) is 5. The van der Waals surface area contributed by atoms with Crippen molar-refractivity contribution < 1.29 is 23.1 Å². The third-order valence-corrected chi connectivity index (χ3v) is 6.18. The lowest BCUT2D eigenvalue weighted by Crippen LogP contribution is -2.41. The minimum atomic E-state index is -3.22. The molecule has 158 valence electrons. The Hall–Kier alpha value is -1.60. The fourth-order valence-electron chi connectivity index (χ4n) is 3.43. The zero-order valence-electron chi connectivity index (χ0n) is 17.3. The van der Waals surface area contributed by atoms with Gasteiger partial charge in [-0.3, -0.25) is 0 Å². The molecule has 0 bridgehead atoms. The SMILES string of the molecule is CC(C)(C)OC(=O)N1CCC(CCCC(O)c2ccc(S(C)(=O)=O)cc2)CC1. The van der Waals surface area contributed by atoms with Crippen molar-refractivity contribution in [3.05, 3.63) is 29.8 Å². The van der Waals surface area contributed by atoms with E-state index in [4.69, 9.17) is 4.74 Å². The van der Waals surface area contributed by atoms with Crippen LogP contribution in [0.3, 0.4) is 0 Å². The second-order valence-corrected chi connectivity index (χ2v) is 10.7. The predicted molar refractivity (Wildman–Crippen MR) is 109 cm³/mol. The molecule has 0 radical (unpaired) electrons. The van der Waals surface area contributed by atoms with Gasteiger partial charge in [-0.25, -0.2) is 13.2 Å². The highest BCUT2D eigenvalue weighted by atomic mass is 32.2. The van der Waals surface area contributed by atoms with Gasteiger partial charge in [-0.05, 0) is 63.6 Å². The third-order valence-electron chi connectivity index (χ3n) is 5.05. The molecule has 1 aliphatic heterocycles. The minimum Gasteiger partial charge on any atom is -0.444 e. The van der Waals surface area contributed by atoms with E-state index in [9.17, 15) is 18.3 Å². The highest BCUT2D eigenvalue weighted by Gasteiger charge is 2.26. The summed E-state index contributed by atoms with van der Waals surface area (Å²) in [7, 11) is -3.22. The van der Waals surface area contributed by atoms with Crippen LogP contribution in [0.4, 0.5) is 4.79 Å². The van der Waals surface area contributed by atoms with E-state index in [1.54, 1.807) is 29.2 Å². The number of hydrogen-bond donors (Lipinski definition) is 1. The Labute approximate surface area is 168 Å². The minimum absolute atomic E-state index is 0.237. The lowest BCUT2D eigenvalue weighted by Gasteiger charge is -2.33. The molecule has 1 N–H and O–H groups in total. The summed E-state index contributed by atoms with van der Waals surface area (Å²) >= 11 is 0. The van der Waals surface area contributed by atoms with E-state index in [1.165, 1.54) is 6.26 Å². The average molecular weight is 412 g/mol. The molecule has 7 heteroatoms.